The van der Waals surface area contributed by atoms with E-state index in [0.29, 0.717) is 11.6 Å². The van der Waals surface area contributed by atoms with Crippen LogP contribution < -0.4 is 5.32 Å². The third-order valence-corrected chi connectivity index (χ3v) is 2.60. The van der Waals surface area contributed by atoms with Gasteiger partial charge in [-0.25, -0.2) is 4.39 Å². The predicted molar refractivity (Wildman–Crippen MR) is 65.5 cm³/mol. The molecule has 0 aliphatic heterocycles. The molecule has 0 saturated carbocycles. The molecule has 90 valence electrons. The Morgan fingerprint density at radius 3 is 2.88 bits per heavy atom. The van der Waals surface area contributed by atoms with E-state index in [2.05, 4.69) is 5.32 Å². The summed E-state index contributed by atoms with van der Waals surface area (Å²) in [5.74, 6) is 0.634. The summed E-state index contributed by atoms with van der Waals surface area (Å²) in [6, 6.07) is 8.33. The van der Waals surface area contributed by atoms with Crippen LogP contribution in [-0.4, -0.2) is 6.54 Å². The molecule has 1 heterocycles. The van der Waals surface area contributed by atoms with Crippen molar-refractivity contribution in [3.63, 3.8) is 0 Å². The second-order valence-electron chi connectivity index (χ2n) is 3.78. The predicted octanol–water partition coefficient (Wildman–Crippen LogP) is 3.40. The molecule has 1 aromatic heterocycles. The van der Waals surface area contributed by atoms with Crippen molar-refractivity contribution in [3.05, 3.63) is 58.8 Å². The van der Waals surface area contributed by atoms with E-state index in [1.165, 1.54) is 12.1 Å². The van der Waals surface area contributed by atoms with Crippen LogP contribution in [0.3, 0.4) is 0 Å². The molecule has 0 saturated heterocycles. The maximum absolute atomic E-state index is 13.0. The standard InChI is InChI=1S/C13H13ClFNO/c14-11-6-10(7-12(15)8-11)9-16-4-3-13-2-1-5-17-13/h1-2,5-8,16H,3-4,9H2. The number of benzene rings is 1. The Morgan fingerprint density at radius 2 is 2.18 bits per heavy atom. The zero-order valence-electron chi connectivity index (χ0n) is 9.25. The van der Waals surface area contributed by atoms with Crippen LogP contribution in [0.5, 0.6) is 0 Å². The Hall–Kier alpha value is -1.32. The smallest absolute Gasteiger partial charge is 0.125 e. The number of hydrogen-bond acceptors (Lipinski definition) is 2. The van der Waals surface area contributed by atoms with Crippen molar-refractivity contribution in [2.24, 2.45) is 0 Å². The number of furan rings is 1. The van der Waals surface area contributed by atoms with Crippen molar-refractivity contribution in [3.8, 4) is 0 Å². The van der Waals surface area contributed by atoms with E-state index >= 15 is 0 Å². The van der Waals surface area contributed by atoms with Crippen molar-refractivity contribution in [2.45, 2.75) is 13.0 Å². The van der Waals surface area contributed by atoms with Crippen molar-refractivity contribution in [2.75, 3.05) is 6.54 Å². The van der Waals surface area contributed by atoms with Gasteiger partial charge in [0, 0.05) is 24.5 Å². The molecule has 2 rings (SSSR count). The Bertz CT molecular complexity index is 450. The van der Waals surface area contributed by atoms with E-state index in [9.17, 15) is 4.39 Å². The lowest BCUT2D eigenvalue weighted by Gasteiger charge is -2.04. The normalized spacial score (nSPS) is 10.7. The highest BCUT2D eigenvalue weighted by molar-refractivity contribution is 6.30. The summed E-state index contributed by atoms with van der Waals surface area (Å²) in [7, 11) is 0. The zero-order chi connectivity index (χ0) is 12.1. The molecule has 0 aliphatic carbocycles. The van der Waals surface area contributed by atoms with Crippen molar-refractivity contribution in [1.29, 1.82) is 0 Å². The van der Waals surface area contributed by atoms with Crippen LogP contribution in [0.4, 0.5) is 4.39 Å². The molecule has 2 nitrogen and oxygen atoms in total. The van der Waals surface area contributed by atoms with Gasteiger partial charge < -0.3 is 9.73 Å². The van der Waals surface area contributed by atoms with Crippen LogP contribution in [0.25, 0.3) is 0 Å². The largest absolute Gasteiger partial charge is 0.469 e. The number of hydrogen-bond donors (Lipinski definition) is 1. The van der Waals surface area contributed by atoms with Crippen LogP contribution >= 0.6 is 11.6 Å². The molecule has 0 unspecified atom stereocenters. The maximum Gasteiger partial charge on any atom is 0.125 e. The quantitative estimate of drug-likeness (QED) is 0.827. The summed E-state index contributed by atoms with van der Waals surface area (Å²) in [6.07, 6.45) is 2.47. The molecule has 17 heavy (non-hydrogen) atoms. The van der Waals surface area contributed by atoms with Gasteiger partial charge in [0.1, 0.15) is 11.6 Å². The average molecular weight is 254 g/mol. The van der Waals surface area contributed by atoms with E-state index in [0.717, 1.165) is 24.3 Å². The van der Waals surface area contributed by atoms with Gasteiger partial charge in [0.15, 0.2) is 0 Å². The van der Waals surface area contributed by atoms with Gasteiger partial charge in [-0.1, -0.05) is 11.6 Å². The van der Waals surface area contributed by atoms with Gasteiger partial charge in [0.2, 0.25) is 0 Å². The highest BCUT2D eigenvalue weighted by Crippen LogP contribution is 2.13. The topological polar surface area (TPSA) is 25.2 Å². The first-order valence-corrected chi connectivity index (χ1v) is 5.80. The third-order valence-electron chi connectivity index (χ3n) is 2.38. The lowest BCUT2D eigenvalue weighted by Crippen LogP contribution is -2.16. The Morgan fingerprint density at radius 1 is 1.29 bits per heavy atom. The molecule has 1 N–H and O–H groups in total. The van der Waals surface area contributed by atoms with Crippen LogP contribution in [-0.2, 0) is 13.0 Å². The van der Waals surface area contributed by atoms with Crippen LogP contribution in [0.1, 0.15) is 11.3 Å². The number of nitrogens with one attached hydrogen (secondary N) is 1. The highest BCUT2D eigenvalue weighted by Gasteiger charge is 2.00. The van der Waals surface area contributed by atoms with Crippen molar-refractivity contribution >= 4 is 11.6 Å². The molecule has 0 radical (unpaired) electrons. The fraction of sp³-hybridized carbons (Fsp3) is 0.231. The summed E-state index contributed by atoms with van der Waals surface area (Å²) in [5, 5.41) is 3.63. The Kier molecular flexibility index (Phi) is 4.18. The molecule has 0 amide bonds. The average Bonchev–Trinajstić information content (AvgIpc) is 2.76. The van der Waals surface area contributed by atoms with Crippen LogP contribution in [0.2, 0.25) is 5.02 Å². The van der Waals surface area contributed by atoms with E-state index in [4.69, 9.17) is 16.0 Å². The van der Waals surface area contributed by atoms with Crippen LogP contribution in [0, 0.1) is 5.82 Å². The van der Waals surface area contributed by atoms with Gasteiger partial charge in [-0.05, 0) is 35.9 Å². The van der Waals surface area contributed by atoms with Gasteiger partial charge in [-0.2, -0.15) is 0 Å². The van der Waals surface area contributed by atoms with Gasteiger partial charge >= 0.3 is 0 Å². The maximum atomic E-state index is 13.0. The van der Waals surface area contributed by atoms with Gasteiger partial charge in [-0.15, -0.1) is 0 Å². The fourth-order valence-corrected chi connectivity index (χ4v) is 1.86. The molecule has 0 fully saturated rings. The molecule has 2 aromatic rings. The summed E-state index contributed by atoms with van der Waals surface area (Å²) in [6.45, 7) is 1.37. The zero-order valence-corrected chi connectivity index (χ0v) is 10.0. The first-order chi connectivity index (χ1) is 8.24. The molecular weight excluding hydrogens is 241 g/mol. The van der Waals surface area contributed by atoms with Gasteiger partial charge in [-0.3, -0.25) is 0 Å². The minimum absolute atomic E-state index is 0.305. The SMILES string of the molecule is Fc1cc(Cl)cc(CNCCc2ccco2)c1. The minimum Gasteiger partial charge on any atom is -0.469 e. The highest BCUT2D eigenvalue weighted by atomic mass is 35.5. The number of rotatable bonds is 5. The van der Waals surface area contributed by atoms with E-state index in [-0.39, 0.29) is 5.82 Å². The van der Waals surface area contributed by atoms with Crippen molar-refractivity contribution < 1.29 is 8.81 Å². The second kappa shape index (κ2) is 5.84. The van der Waals surface area contributed by atoms with Crippen molar-refractivity contribution in [1.82, 2.24) is 5.32 Å². The van der Waals surface area contributed by atoms with Gasteiger partial charge in [0.25, 0.3) is 0 Å². The summed E-state index contributed by atoms with van der Waals surface area (Å²) < 4.78 is 18.2. The summed E-state index contributed by atoms with van der Waals surface area (Å²) >= 11 is 5.76. The number of halogens is 2. The summed E-state index contributed by atoms with van der Waals surface area (Å²) in [5.41, 5.74) is 0.842. The minimum atomic E-state index is -0.305. The Labute approximate surface area is 104 Å². The fourth-order valence-electron chi connectivity index (χ4n) is 1.61. The molecule has 0 spiro atoms. The first kappa shape index (κ1) is 12.1. The third kappa shape index (κ3) is 3.88. The van der Waals surface area contributed by atoms with E-state index in [1.54, 1.807) is 12.3 Å². The summed E-state index contributed by atoms with van der Waals surface area (Å²) in [4.78, 5) is 0. The molecule has 0 atom stereocenters. The molecule has 1 aromatic carbocycles. The molecular formula is C13H13ClFNO. The second-order valence-corrected chi connectivity index (χ2v) is 4.22. The Balaban J connectivity index is 1.78. The lowest BCUT2D eigenvalue weighted by molar-refractivity contribution is 0.498. The van der Waals surface area contributed by atoms with E-state index < -0.39 is 0 Å². The molecule has 0 bridgehead atoms. The molecule has 4 heteroatoms. The van der Waals surface area contributed by atoms with Crippen LogP contribution in [0.15, 0.2) is 41.0 Å². The van der Waals surface area contributed by atoms with E-state index in [1.807, 2.05) is 12.1 Å². The molecule has 0 aliphatic rings. The van der Waals surface area contributed by atoms with Gasteiger partial charge in [0.05, 0.1) is 6.26 Å². The lowest BCUT2D eigenvalue weighted by atomic mass is 10.2. The first-order valence-electron chi connectivity index (χ1n) is 5.42. The monoisotopic (exact) mass is 253 g/mol.